The zero-order valence-corrected chi connectivity index (χ0v) is 33.9. The Morgan fingerprint density at radius 2 is 1.16 bits per heavy atom. The number of ether oxygens (including phenoxy) is 2. The zero-order chi connectivity index (χ0) is 37.9. The van der Waals surface area contributed by atoms with Gasteiger partial charge >= 0.3 is 11.9 Å². The number of esters is 2. The van der Waals surface area contributed by atoms with Gasteiger partial charge in [-0.25, -0.2) is 0 Å². The summed E-state index contributed by atoms with van der Waals surface area (Å²) in [5.74, 6) is -0.927. The van der Waals surface area contributed by atoms with E-state index in [2.05, 4.69) is 50.3 Å². The summed E-state index contributed by atoms with van der Waals surface area (Å²) in [6, 6.07) is 0. The Balaban J connectivity index is 4.51. The number of rotatable bonds is 35. The largest absolute Gasteiger partial charge is 0.756 e. The fraction of sp³-hybridized carbons (Fsp3) is 0.756. The molecule has 9 nitrogen and oxygen atoms in total. The molecule has 0 aliphatic rings. The first kappa shape index (κ1) is 49.0. The zero-order valence-electron chi connectivity index (χ0n) is 33.0. The molecule has 51 heavy (non-hydrogen) atoms. The fourth-order valence-corrected chi connectivity index (χ4v) is 5.71. The molecule has 0 aromatic rings. The second-order valence-electron chi connectivity index (χ2n) is 14.3. The number of hydrogen-bond acceptors (Lipinski definition) is 8. The van der Waals surface area contributed by atoms with Crippen molar-refractivity contribution in [2.24, 2.45) is 0 Å². The number of nitrogens with zero attached hydrogens (tertiary/aromatic N) is 1. The van der Waals surface area contributed by atoms with Crippen LogP contribution < -0.4 is 4.89 Å². The maximum absolute atomic E-state index is 12.6. The van der Waals surface area contributed by atoms with Gasteiger partial charge in [-0.1, -0.05) is 127 Å². The van der Waals surface area contributed by atoms with E-state index in [4.69, 9.17) is 18.5 Å². The Morgan fingerprint density at radius 3 is 1.73 bits per heavy atom. The molecule has 0 N–H and O–H groups in total. The third-order valence-corrected chi connectivity index (χ3v) is 9.06. The Morgan fingerprint density at radius 1 is 0.627 bits per heavy atom. The van der Waals surface area contributed by atoms with E-state index in [1.165, 1.54) is 57.8 Å². The normalized spacial score (nSPS) is 14.2. The topological polar surface area (TPSA) is 111 Å². The summed E-state index contributed by atoms with van der Waals surface area (Å²) >= 11 is 0. The summed E-state index contributed by atoms with van der Waals surface area (Å²) in [6.45, 7) is 4.01. The van der Waals surface area contributed by atoms with Crippen LogP contribution in [0.25, 0.3) is 0 Å². The highest BCUT2D eigenvalue weighted by molar-refractivity contribution is 7.45. The molecule has 0 fully saturated rings. The Labute approximate surface area is 312 Å². The van der Waals surface area contributed by atoms with Gasteiger partial charge in [0, 0.05) is 12.8 Å². The van der Waals surface area contributed by atoms with Crippen LogP contribution in [0.4, 0.5) is 0 Å². The molecule has 0 bridgehead atoms. The summed E-state index contributed by atoms with van der Waals surface area (Å²) in [6.07, 6.45) is 37.3. The predicted octanol–water partition coefficient (Wildman–Crippen LogP) is 10.1. The SMILES string of the molecule is CC/C=C/C/C=C/CCCCCCCCCC(=O)OCC(COP(=O)([O-])OCC[N+](C)(C)C)OC(=O)CC/C=C/C/C=C/CCCCCCCC. The van der Waals surface area contributed by atoms with Gasteiger partial charge in [0.1, 0.15) is 19.8 Å². The molecule has 0 saturated carbocycles. The lowest BCUT2D eigenvalue weighted by Crippen LogP contribution is -2.37. The number of allylic oxidation sites excluding steroid dienone is 8. The number of phosphoric acid groups is 1. The van der Waals surface area contributed by atoms with Crippen LogP contribution in [0.1, 0.15) is 149 Å². The van der Waals surface area contributed by atoms with Crippen LogP contribution in [0.15, 0.2) is 48.6 Å². The number of unbranched alkanes of at least 4 members (excludes halogenated alkanes) is 13. The number of quaternary nitrogens is 1. The Hall–Kier alpha value is -2.03. The van der Waals surface area contributed by atoms with E-state index in [1.54, 1.807) is 0 Å². The van der Waals surface area contributed by atoms with Gasteiger partial charge < -0.3 is 27.9 Å². The van der Waals surface area contributed by atoms with Gasteiger partial charge in [-0.15, -0.1) is 0 Å². The quantitative estimate of drug-likeness (QED) is 0.0208. The highest BCUT2D eigenvalue weighted by atomic mass is 31.2. The van der Waals surface area contributed by atoms with Crippen molar-refractivity contribution in [2.45, 2.75) is 155 Å². The lowest BCUT2D eigenvalue weighted by molar-refractivity contribution is -0.870. The minimum atomic E-state index is -4.63. The van der Waals surface area contributed by atoms with Gasteiger partial charge in [0.25, 0.3) is 7.82 Å². The van der Waals surface area contributed by atoms with Crippen molar-refractivity contribution in [3.05, 3.63) is 48.6 Å². The highest BCUT2D eigenvalue weighted by Gasteiger charge is 2.21. The third kappa shape index (κ3) is 37.5. The molecule has 0 saturated heterocycles. The van der Waals surface area contributed by atoms with E-state index in [9.17, 15) is 19.0 Å². The predicted molar refractivity (Wildman–Crippen MR) is 208 cm³/mol. The lowest BCUT2D eigenvalue weighted by Gasteiger charge is -2.28. The maximum atomic E-state index is 12.6. The standard InChI is InChI=1S/C41H74NO8P/c1-6-8-10-12-14-16-18-20-22-23-25-27-29-31-33-40(43)47-37-39(38-49-51(45,46)48-36-35-42(3,4)5)50-41(44)34-32-30-28-26-24-21-19-17-15-13-11-9-7-2/h8,10,14,16,21,24,28,30,39H,6-7,9,11-13,15,17-20,22-23,25-27,29,31-38H2,1-5H3/b10-8+,16-14+,24-21+,30-28+. The van der Waals surface area contributed by atoms with Crippen molar-refractivity contribution < 1.29 is 42.1 Å². The van der Waals surface area contributed by atoms with Crippen LogP contribution in [0.3, 0.4) is 0 Å². The van der Waals surface area contributed by atoms with Crippen molar-refractivity contribution in [3.63, 3.8) is 0 Å². The van der Waals surface area contributed by atoms with Gasteiger partial charge in [-0.05, 0) is 57.8 Å². The molecule has 2 unspecified atom stereocenters. The average molecular weight is 740 g/mol. The molecule has 296 valence electrons. The van der Waals surface area contributed by atoms with E-state index >= 15 is 0 Å². The van der Waals surface area contributed by atoms with Crippen molar-refractivity contribution in [1.29, 1.82) is 0 Å². The van der Waals surface area contributed by atoms with Crippen LogP contribution >= 0.6 is 7.82 Å². The van der Waals surface area contributed by atoms with Crippen LogP contribution in [0.5, 0.6) is 0 Å². The Bertz CT molecular complexity index is 1020. The summed E-state index contributed by atoms with van der Waals surface area (Å²) < 4.78 is 33.7. The molecule has 0 aliphatic carbocycles. The van der Waals surface area contributed by atoms with E-state index in [0.717, 1.165) is 51.4 Å². The summed E-state index contributed by atoms with van der Waals surface area (Å²) in [5.41, 5.74) is 0. The number of likely N-dealkylation sites (N-methyl/N-ethyl adjacent to an activating group) is 1. The first-order valence-electron chi connectivity index (χ1n) is 19.8. The minimum absolute atomic E-state index is 0.0428. The molecule has 0 amide bonds. The molecule has 2 atom stereocenters. The third-order valence-electron chi connectivity index (χ3n) is 8.10. The second kappa shape index (κ2) is 33.8. The molecule has 0 rings (SSSR count). The summed E-state index contributed by atoms with van der Waals surface area (Å²) in [7, 11) is 1.12. The summed E-state index contributed by atoms with van der Waals surface area (Å²) in [5, 5.41) is 0. The van der Waals surface area contributed by atoms with E-state index in [1.807, 2.05) is 33.3 Å². The second-order valence-corrected chi connectivity index (χ2v) is 15.7. The fourth-order valence-electron chi connectivity index (χ4n) is 4.98. The number of phosphoric ester groups is 1. The number of carbonyl (C=O) groups excluding carboxylic acids is 2. The van der Waals surface area contributed by atoms with E-state index in [0.29, 0.717) is 23.9 Å². The molecule has 0 aliphatic heterocycles. The average Bonchev–Trinajstić information content (AvgIpc) is 3.07. The van der Waals surface area contributed by atoms with Crippen molar-refractivity contribution in [3.8, 4) is 0 Å². The lowest BCUT2D eigenvalue weighted by atomic mass is 10.1. The molecule has 10 heteroatoms. The van der Waals surface area contributed by atoms with Gasteiger partial charge in [0.15, 0.2) is 6.10 Å². The van der Waals surface area contributed by atoms with Crippen LogP contribution in [-0.4, -0.2) is 70.0 Å². The first-order valence-corrected chi connectivity index (χ1v) is 21.3. The summed E-state index contributed by atoms with van der Waals surface area (Å²) in [4.78, 5) is 37.3. The monoisotopic (exact) mass is 740 g/mol. The van der Waals surface area contributed by atoms with Crippen LogP contribution in [0, 0.1) is 0 Å². The van der Waals surface area contributed by atoms with Crippen molar-refractivity contribution >= 4 is 19.8 Å². The molecular formula is C41H74NO8P. The number of carbonyl (C=O) groups is 2. The van der Waals surface area contributed by atoms with Gasteiger partial charge in [-0.3, -0.25) is 14.2 Å². The van der Waals surface area contributed by atoms with E-state index in [-0.39, 0.29) is 26.1 Å². The van der Waals surface area contributed by atoms with Crippen LogP contribution in [-0.2, 0) is 32.7 Å². The molecule has 0 aromatic heterocycles. The van der Waals surface area contributed by atoms with Crippen molar-refractivity contribution in [2.75, 3.05) is 47.5 Å². The van der Waals surface area contributed by atoms with Crippen molar-refractivity contribution in [1.82, 2.24) is 0 Å². The van der Waals surface area contributed by atoms with Gasteiger partial charge in [-0.2, -0.15) is 0 Å². The number of hydrogen-bond donors (Lipinski definition) is 0. The van der Waals surface area contributed by atoms with Gasteiger partial charge in [0.2, 0.25) is 0 Å². The van der Waals surface area contributed by atoms with Gasteiger partial charge in [0.05, 0.1) is 27.7 Å². The molecular weight excluding hydrogens is 665 g/mol. The first-order chi connectivity index (χ1) is 24.5. The molecule has 0 heterocycles. The molecule has 0 radical (unpaired) electrons. The minimum Gasteiger partial charge on any atom is -0.756 e. The Kier molecular flexibility index (Phi) is 32.4. The highest BCUT2D eigenvalue weighted by Crippen LogP contribution is 2.38. The molecule has 0 spiro atoms. The smallest absolute Gasteiger partial charge is 0.306 e. The van der Waals surface area contributed by atoms with E-state index < -0.39 is 32.5 Å². The van der Waals surface area contributed by atoms with Crippen LogP contribution in [0.2, 0.25) is 0 Å². The maximum Gasteiger partial charge on any atom is 0.306 e. The molecule has 0 aromatic carbocycles.